The molecule has 0 bridgehead atoms. The predicted molar refractivity (Wildman–Crippen MR) is 110 cm³/mol. The van der Waals surface area contributed by atoms with E-state index in [9.17, 15) is 5.11 Å². The summed E-state index contributed by atoms with van der Waals surface area (Å²) < 4.78 is 5.47. The normalized spacial score (nSPS) is 15.3. The highest BCUT2D eigenvalue weighted by Gasteiger charge is 2.17. The van der Waals surface area contributed by atoms with E-state index < -0.39 is 6.10 Å². The molecule has 1 aromatic heterocycles. The number of morpholine rings is 1. The summed E-state index contributed by atoms with van der Waals surface area (Å²) in [7, 11) is 0. The Labute approximate surface area is 164 Å². The lowest BCUT2D eigenvalue weighted by atomic mass is 10.1. The number of nitrogens with zero attached hydrogens (tertiary/aromatic N) is 3. The maximum Gasteiger partial charge on any atom is 0.229 e. The molecule has 6 nitrogen and oxygen atoms in total. The third kappa shape index (κ3) is 4.30. The number of aromatic nitrogens is 2. The zero-order valence-electron chi connectivity index (χ0n) is 15.1. The van der Waals surface area contributed by atoms with Crippen molar-refractivity contribution in [2.45, 2.75) is 13.0 Å². The standard InChI is InChI=1S/C20H22N4O2.ClH/c1-14(25)15-5-4-6-16(13-15)21-20-22-18-8-3-2-7-17(18)19(23-20)24-9-11-26-12-10-24;/h2-8,13-14,25H,9-12H2,1H3,(H,21,22,23);1H. The van der Waals surface area contributed by atoms with Crippen molar-refractivity contribution in [3.05, 3.63) is 54.1 Å². The molecular weight excluding hydrogens is 364 g/mol. The van der Waals surface area contributed by atoms with Crippen LogP contribution in [-0.2, 0) is 4.74 Å². The Kier molecular flexibility index (Phi) is 6.11. The Balaban J connectivity index is 0.00000210. The number of aliphatic hydroxyl groups excluding tert-OH is 1. The fourth-order valence-corrected chi connectivity index (χ4v) is 3.14. The largest absolute Gasteiger partial charge is 0.389 e. The van der Waals surface area contributed by atoms with Crippen LogP contribution in [0.1, 0.15) is 18.6 Å². The molecule has 1 unspecified atom stereocenters. The summed E-state index contributed by atoms with van der Waals surface area (Å²) in [6.45, 7) is 4.80. The number of rotatable bonds is 4. The number of ether oxygens (including phenoxy) is 1. The van der Waals surface area contributed by atoms with Gasteiger partial charge in [0.2, 0.25) is 5.95 Å². The summed E-state index contributed by atoms with van der Waals surface area (Å²) in [5, 5.41) is 14.1. The number of aliphatic hydroxyl groups is 1. The van der Waals surface area contributed by atoms with E-state index in [0.29, 0.717) is 19.2 Å². The molecule has 4 rings (SSSR count). The third-order valence-corrected chi connectivity index (χ3v) is 4.52. The zero-order valence-corrected chi connectivity index (χ0v) is 15.9. The lowest BCUT2D eigenvalue weighted by Crippen LogP contribution is -2.37. The average molecular weight is 387 g/mol. The summed E-state index contributed by atoms with van der Waals surface area (Å²) in [5.74, 6) is 1.47. The molecule has 1 saturated heterocycles. The molecule has 27 heavy (non-hydrogen) atoms. The van der Waals surface area contributed by atoms with Gasteiger partial charge in [-0.25, -0.2) is 4.98 Å². The maximum atomic E-state index is 9.79. The second kappa shape index (κ2) is 8.52. The monoisotopic (exact) mass is 386 g/mol. The second-order valence-electron chi connectivity index (χ2n) is 6.41. The van der Waals surface area contributed by atoms with E-state index in [-0.39, 0.29) is 12.4 Å². The first kappa shape index (κ1) is 19.4. The molecular formula is C20H23ClN4O2. The van der Waals surface area contributed by atoms with Crippen LogP contribution in [0.25, 0.3) is 10.9 Å². The van der Waals surface area contributed by atoms with E-state index in [4.69, 9.17) is 9.72 Å². The number of fused-ring (bicyclic) bond motifs is 1. The van der Waals surface area contributed by atoms with Gasteiger partial charge in [-0.1, -0.05) is 24.3 Å². The molecule has 2 aromatic carbocycles. The van der Waals surface area contributed by atoms with Gasteiger partial charge in [0.05, 0.1) is 24.8 Å². The summed E-state index contributed by atoms with van der Waals surface area (Å²) in [5.41, 5.74) is 2.61. The minimum Gasteiger partial charge on any atom is -0.389 e. The molecule has 0 spiro atoms. The first-order valence-electron chi connectivity index (χ1n) is 8.85. The van der Waals surface area contributed by atoms with Crippen molar-refractivity contribution in [2.75, 3.05) is 36.5 Å². The molecule has 0 amide bonds. The topological polar surface area (TPSA) is 70.5 Å². The number of anilines is 3. The van der Waals surface area contributed by atoms with Gasteiger partial charge < -0.3 is 20.1 Å². The minimum absolute atomic E-state index is 0. The van der Waals surface area contributed by atoms with Crippen molar-refractivity contribution in [3.8, 4) is 0 Å². The number of para-hydroxylation sites is 1. The van der Waals surface area contributed by atoms with Gasteiger partial charge in [0.15, 0.2) is 0 Å². The highest BCUT2D eigenvalue weighted by atomic mass is 35.5. The third-order valence-electron chi connectivity index (χ3n) is 4.52. The Morgan fingerprint density at radius 3 is 2.63 bits per heavy atom. The Morgan fingerprint density at radius 2 is 1.85 bits per heavy atom. The molecule has 7 heteroatoms. The van der Waals surface area contributed by atoms with Crippen molar-refractivity contribution in [2.24, 2.45) is 0 Å². The fourth-order valence-electron chi connectivity index (χ4n) is 3.14. The zero-order chi connectivity index (χ0) is 17.9. The molecule has 2 heterocycles. The molecule has 142 valence electrons. The second-order valence-corrected chi connectivity index (χ2v) is 6.41. The Hall–Kier alpha value is -2.41. The van der Waals surface area contributed by atoms with E-state index in [2.05, 4.69) is 21.3 Å². The first-order chi connectivity index (χ1) is 12.7. The van der Waals surface area contributed by atoms with Crippen molar-refractivity contribution in [1.29, 1.82) is 0 Å². The van der Waals surface area contributed by atoms with E-state index in [1.807, 2.05) is 42.5 Å². The van der Waals surface area contributed by atoms with Crippen molar-refractivity contribution in [3.63, 3.8) is 0 Å². The number of nitrogens with one attached hydrogen (secondary N) is 1. The fraction of sp³-hybridized carbons (Fsp3) is 0.300. The lowest BCUT2D eigenvalue weighted by molar-refractivity contribution is 0.122. The number of halogens is 1. The molecule has 3 aromatic rings. The van der Waals surface area contributed by atoms with Gasteiger partial charge in [0, 0.05) is 24.2 Å². The Bertz CT molecular complexity index is 913. The quantitative estimate of drug-likeness (QED) is 0.712. The van der Waals surface area contributed by atoms with Gasteiger partial charge in [0.25, 0.3) is 0 Å². The van der Waals surface area contributed by atoms with Crippen LogP contribution in [0.4, 0.5) is 17.5 Å². The first-order valence-corrected chi connectivity index (χ1v) is 8.85. The van der Waals surface area contributed by atoms with Crippen LogP contribution in [0.15, 0.2) is 48.5 Å². The molecule has 1 fully saturated rings. The van der Waals surface area contributed by atoms with Crippen LogP contribution in [0.3, 0.4) is 0 Å². The minimum atomic E-state index is -0.516. The van der Waals surface area contributed by atoms with E-state index in [1.54, 1.807) is 6.92 Å². The highest BCUT2D eigenvalue weighted by Crippen LogP contribution is 2.27. The van der Waals surface area contributed by atoms with Crippen molar-refractivity contribution in [1.82, 2.24) is 9.97 Å². The van der Waals surface area contributed by atoms with Crippen LogP contribution < -0.4 is 10.2 Å². The molecule has 0 aliphatic carbocycles. The lowest BCUT2D eigenvalue weighted by Gasteiger charge is -2.29. The smallest absolute Gasteiger partial charge is 0.229 e. The average Bonchev–Trinajstić information content (AvgIpc) is 2.68. The van der Waals surface area contributed by atoms with Gasteiger partial charge in [-0.3, -0.25) is 0 Å². The van der Waals surface area contributed by atoms with Gasteiger partial charge in [-0.2, -0.15) is 4.98 Å². The summed E-state index contributed by atoms with van der Waals surface area (Å²) in [6, 6.07) is 15.7. The van der Waals surface area contributed by atoms with Crippen molar-refractivity contribution >= 4 is 40.8 Å². The number of hydrogen-bond acceptors (Lipinski definition) is 6. The molecule has 0 saturated carbocycles. The number of benzene rings is 2. The Morgan fingerprint density at radius 1 is 1.07 bits per heavy atom. The van der Waals surface area contributed by atoms with Crippen molar-refractivity contribution < 1.29 is 9.84 Å². The van der Waals surface area contributed by atoms with E-state index >= 15 is 0 Å². The summed E-state index contributed by atoms with van der Waals surface area (Å²) >= 11 is 0. The van der Waals surface area contributed by atoms with Crippen LogP contribution >= 0.6 is 12.4 Å². The molecule has 1 aliphatic rings. The highest BCUT2D eigenvalue weighted by molar-refractivity contribution is 5.90. The molecule has 1 aliphatic heterocycles. The van der Waals surface area contributed by atoms with Gasteiger partial charge in [-0.15, -0.1) is 12.4 Å². The van der Waals surface area contributed by atoms with E-state index in [1.165, 1.54) is 0 Å². The SMILES string of the molecule is CC(O)c1cccc(Nc2nc(N3CCOCC3)c3ccccc3n2)c1.Cl. The summed E-state index contributed by atoms with van der Waals surface area (Å²) in [6.07, 6.45) is -0.516. The van der Waals surface area contributed by atoms with Crippen LogP contribution in [0, 0.1) is 0 Å². The molecule has 0 radical (unpaired) electrons. The molecule has 1 atom stereocenters. The van der Waals surface area contributed by atoms with Crippen LogP contribution in [-0.4, -0.2) is 41.4 Å². The number of hydrogen-bond donors (Lipinski definition) is 2. The van der Waals surface area contributed by atoms with Gasteiger partial charge in [-0.05, 0) is 36.8 Å². The van der Waals surface area contributed by atoms with Crippen LogP contribution in [0.2, 0.25) is 0 Å². The van der Waals surface area contributed by atoms with Gasteiger partial charge >= 0.3 is 0 Å². The van der Waals surface area contributed by atoms with E-state index in [0.717, 1.165) is 41.1 Å². The van der Waals surface area contributed by atoms with Gasteiger partial charge in [0.1, 0.15) is 5.82 Å². The predicted octanol–water partition coefficient (Wildman–Crippen LogP) is 3.69. The van der Waals surface area contributed by atoms with Crippen LogP contribution in [0.5, 0.6) is 0 Å². The summed E-state index contributed by atoms with van der Waals surface area (Å²) in [4.78, 5) is 11.7. The molecule has 2 N–H and O–H groups in total. The maximum absolute atomic E-state index is 9.79.